The number of nitrogens with zero attached hydrogens (tertiary/aromatic N) is 22. The summed E-state index contributed by atoms with van der Waals surface area (Å²) in [7, 11) is 6.90. The lowest BCUT2D eigenvalue weighted by Gasteiger charge is -2.23. The molecule has 16 rings (SSSR count). The van der Waals surface area contributed by atoms with Crippen molar-refractivity contribution in [3.05, 3.63) is 192 Å². The molecule has 0 spiro atoms. The molecule has 0 radical (unpaired) electrons. The molecule has 4 aliphatic carbocycles. The van der Waals surface area contributed by atoms with Crippen LogP contribution in [0.25, 0.3) is 43.6 Å². The molecule has 30 nitrogen and oxygen atoms in total. The number of carbonyl (C=O) groups excluding carboxylic acids is 8. The van der Waals surface area contributed by atoms with E-state index in [9.17, 15) is 38.4 Å². The molecule has 0 saturated heterocycles. The molecule has 12 aromatic rings. The van der Waals surface area contributed by atoms with E-state index in [1.165, 1.54) is 76.7 Å². The van der Waals surface area contributed by atoms with Gasteiger partial charge in [0.25, 0.3) is 0 Å². The Labute approximate surface area is 738 Å². The summed E-state index contributed by atoms with van der Waals surface area (Å²) in [5, 5.41) is 21.0. The Balaban J connectivity index is 0.000000162. The van der Waals surface area contributed by atoms with Crippen molar-refractivity contribution in [2.45, 2.75) is 185 Å². The Bertz CT molecular complexity index is 5510. The largest absolute Gasteiger partial charge is 0.356 e. The number of carbonyl (C=O) groups is 8. The molecular weight excluding hydrogens is 1590 g/mol. The highest BCUT2D eigenvalue weighted by Gasteiger charge is 2.30. The number of rotatable bonds is 40. The summed E-state index contributed by atoms with van der Waals surface area (Å²) in [5.74, 6) is 6.26. The van der Waals surface area contributed by atoms with Crippen LogP contribution in [0.3, 0.4) is 0 Å². The van der Waals surface area contributed by atoms with Crippen LogP contribution in [0.5, 0.6) is 0 Å². The molecule has 0 unspecified atom stereocenters. The minimum Gasteiger partial charge on any atom is -0.356 e. The van der Waals surface area contributed by atoms with Crippen molar-refractivity contribution >= 4 is 113 Å². The van der Waals surface area contributed by atoms with Crippen molar-refractivity contribution in [3.8, 4) is 0 Å². The Kier molecular flexibility index (Phi) is 33.0. The summed E-state index contributed by atoms with van der Waals surface area (Å²) in [4.78, 5) is 145. The van der Waals surface area contributed by atoms with Gasteiger partial charge >= 0.3 is 0 Å². The first-order valence-corrected chi connectivity index (χ1v) is 43.5. The first-order chi connectivity index (χ1) is 59.9. The molecule has 2 amide bonds. The van der Waals surface area contributed by atoms with Gasteiger partial charge in [0, 0.05) is 158 Å². The van der Waals surface area contributed by atoms with Gasteiger partial charge in [0.2, 0.25) is 11.8 Å². The lowest BCUT2D eigenvalue weighted by Crippen LogP contribution is -2.27. The third kappa shape index (κ3) is 26.4. The third-order valence-corrected chi connectivity index (χ3v) is 22.2. The minimum absolute atomic E-state index is 0. The first-order valence-electron chi connectivity index (χ1n) is 43.5. The fourth-order valence-corrected chi connectivity index (χ4v) is 14.9. The van der Waals surface area contributed by atoms with E-state index in [-0.39, 0.29) is 113 Å². The summed E-state index contributed by atoms with van der Waals surface area (Å²) in [6, 6.07) is 30.4. The highest BCUT2D eigenvalue weighted by atomic mass is 16.2. The second-order valence-electron chi connectivity index (χ2n) is 33.8. The summed E-state index contributed by atoms with van der Waals surface area (Å²) in [6.07, 6.45) is 28.4. The zero-order valence-electron chi connectivity index (χ0n) is 73.1. The first kappa shape index (κ1) is 93.9. The molecule has 664 valence electrons. The van der Waals surface area contributed by atoms with E-state index in [0.29, 0.717) is 22.8 Å². The number of amides is 2. The number of likely N-dealkylation sites (N-methyl/N-ethyl adjacent to an activating group) is 2. The topological polar surface area (TPSA) is 330 Å². The quantitative estimate of drug-likeness (QED) is 0.0322. The standard InChI is InChI=1S/2C24H30N6O2.2C23H27N5O2.2CH4/c1-4-9-29(14-17-5-6-17)23-12-20(25-16-26-23)22(31)11-18-7-8-21-19(10-18)13-27-30(21)15-24(32)28(2)3;1-4-9-29(13-17-5-6-17)23-12-21(25-16-26-23)22(31)11-18-7-8-20-19(10-18)14-30(27-20)15-24(32)28(2)3;2*1-3-8-27(14-17-4-5-17)23-11-20(24-15-25-23)22(30)10-18-6-7-21-19(9-18)12-26-28(21)13-16(2)29;;/h7-8,10,12-13,16-17H,4-6,9,11,14-15H2,1-3H3;7-8,10,12,14,16-17H,4-6,9,11,13,15H2,1-3H3;2*6-7,9,11-12,15,17H,3-5,8,10,13-14H2,1-2H3;2*1H4. The number of hydrogen-bond acceptors (Lipinski definition) is 24. The molecule has 0 N–H and O–H groups in total. The smallest absolute Gasteiger partial charge is 0.243 e. The molecule has 4 aliphatic rings. The van der Waals surface area contributed by atoms with Gasteiger partial charge in [-0.1, -0.05) is 66.8 Å². The van der Waals surface area contributed by atoms with E-state index >= 15 is 0 Å². The molecule has 0 bridgehead atoms. The van der Waals surface area contributed by atoms with Gasteiger partial charge in [0.15, 0.2) is 34.7 Å². The fraction of sp³-hybridized carbons (Fsp3) is 0.458. The molecule has 4 saturated carbocycles. The molecule has 126 heavy (non-hydrogen) atoms. The van der Waals surface area contributed by atoms with E-state index in [2.05, 4.69) is 108 Å². The molecule has 8 aromatic heterocycles. The minimum atomic E-state index is -0.0361. The molecular formula is C96H122N22O8. The van der Waals surface area contributed by atoms with E-state index < -0.39 is 0 Å². The van der Waals surface area contributed by atoms with Crippen LogP contribution in [-0.2, 0) is 71.0 Å². The van der Waals surface area contributed by atoms with Crippen LogP contribution in [0.4, 0.5) is 23.3 Å². The number of aromatic nitrogens is 16. The van der Waals surface area contributed by atoms with Gasteiger partial charge in [-0.3, -0.25) is 57.1 Å². The van der Waals surface area contributed by atoms with Gasteiger partial charge in [-0.05, 0) is 185 Å². The van der Waals surface area contributed by atoms with Crippen molar-refractivity contribution in [3.63, 3.8) is 0 Å². The number of hydrogen-bond donors (Lipinski definition) is 0. The number of ketones is 6. The second kappa shape index (κ2) is 44.2. The molecule has 4 fully saturated rings. The van der Waals surface area contributed by atoms with E-state index in [4.69, 9.17) is 0 Å². The lowest BCUT2D eigenvalue weighted by molar-refractivity contribution is -0.130. The summed E-state index contributed by atoms with van der Waals surface area (Å²) >= 11 is 0. The van der Waals surface area contributed by atoms with Crippen molar-refractivity contribution in [2.24, 2.45) is 23.7 Å². The van der Waals surface area contributed by atoms with Crippen LogP contribution in [0, 0.1) is 23.7 Å². The molecule has 30 heteroatoms. The second-order valence-corrected chi connectivity index (χ2v) is 33.8. The maximum absolute atomic E-state index is 13.0. The Hall–Kier alpha value is -12.8. The average molecular weight is 1710 g/mol. The van der Waals surface area contributed by atoms with E-state index in [0.717, 1.165) is 191 Å². The summed E-state index contributed by atoms with van der Waals surface area (Å²) in [6.45, 7) is 20.3. The van der Waals surface area contributed by atoms with Crippen LogP contribution in [-0.4, -0.2) is 216 Å². The molecule has 4 aromatic carbocycles. The van der Waals surface area contributed by atoms with Gasteiger partial charge in [0.05, 0.1) is 53.7 Å². The number of benzene rings is 4. The normalized spacial score (nSPS) is 13.2. The predicted octanol–water partition coefficient (Wildman–Crippen LogP) is 14.1. The zero-order valence-corrected chi connectivity index (χ0v) is 73.1. The zero-order chi connectivity index (χ0) is 87.5. The highest BCUT2D eigenvalue weighted by Crippen LogP contribution is 2.35. The summed E-state index contributed by atoms with van der Waals surface area (Å²) < 4.78 is 6.68. The Morgan fingerprint density at radius 3 is 0.905 bits per heavy atom. The van der Waals surface area contributed by atoms with Crippen molar-refractivity contribution < 1.29 is 38.4 Å². The third-order valence-electron chi connectivity index (χ3n) is 22.2. The maximum Gasteiger partial charge on any atom is 0.243 e. The van der Waals surface area contributed by atoms with Crippen molar-refractivity contribution in [1.82, 2.24) is 88.8 Å². The Morgan fingerprint density at radius 2 is 0.627 bits per heavy atom. The predicted molar refractivity (Wildman–Crippen MR) is 492 cm³/mol. The molecule has 0 aliphatic heterocycles. The highest BCUT2D eigenvalue weighted by molar-refractivity contribution is 6.00. The van der Waals surface area contributed by atoms with Gasteiger partial charge in [-0.25, -0.2) is 39.9 Å². The van der Waals surface area contributed by atoms with Crippen LogP contribution in [0.15, 0.2) is 147 Å². The van der Waals surface area contributed by atoms with Gasteiger partial charge in [0.1, 0.15) is 84.4 Å². The van der Waals surface area contributed by atoms with Crippen molar-refractivity contribution in [1.29, 1.82) is 0 Å². The van der Waals surface area contributed by atoms with Crippen LogP contribution >= 0.6 is 0 Å². The number of anilines is 4. The van der Waals surface area contributed by atoms with Crippen molar-refractivity contribution in [2.75, 3.05) is 100 Å². The lowest BCUT2D eigenvalue weighted by atomic mass is 10.0. The fourth-order valence-electron chi connectivity index (χ4n) is 14.9. The van der Waals surface area contributed by atoms with Crippen LogP contribution in [0.1, 0.15) is 198 Å². The van der Waals surface area contributed by atoms with Gasteiger partial charge in [-0.2, -0.15) is 20.4 Å². The van der Waals surface area contributed by atoms with E-state index in [1.54, 1.807) is 89.2 Å². The van der Waals surface area contributed by atoms with Crippen LogP contribution < -0.4 is 19.6 Å². The summed E-state index contributed by atoms with van der Waals surface area (Å²) in [5.41, 5.74) is 8.82. The maximum atomic E-state index is 13.0. The SMILES string of the molecule is C.C.CCCN(CC1CC1)c1cc(C(=O)Cc2ccc3c(cnn3CC(=O)N(C)C)c2)ncn1.CCCN(CC1CC1)c1cc(C(=O)Cc2ccc3c(cnn3CC(C)=O)c2)ncn1.CCCN(CC1CC1)c1cc(C(=O)Cc2ccc3c(cnn3CC(C)=O)c2)ncn1.CCCN(CC1CC1)c1cc(C(=O)Cc2ccc3nn(CC(=O)N(C)C)cc3c2)ncn1. The number of Topliss-reactive ketones (excluding diaryl/α,β-unsaturated/α-hetero) is 6. The molecule has 0 atom stereocenters. The number of fused-ring (bicyclic) bond motifs is 4. The van der Waals surface area contributed by atoms with Gasteiger partial charge < -0.3 is 29.4 Å². The molecule has 8 heterocycles. The monoisotopic (exact) mass is 1710 g/mol. The average Bonchev–Trinajstić information content (AvgIpc) is 1.64. The van der Waals surface area contributed by atoms with Crippen LogP contribution in [0.2, 0.25) is 0 Å². The van der Waals surface area contributed by atoms with Gasteiger partial charge in [-0.15, -0.1) is 0 Å². The van der Waals surface area contributed by atoms with E-state index in [1.807, 2.05) is 103 Å². The Morgan fingerprint density at radius 1 is 0.349 bits per heavy atom.